The summed E-state index contributed by atoms with van der Waals surface area (Å²) in [7, 11) is 0. The van der Waals surface area contributed by atoms with Crippen molar-refractivity contribution in [3.63, 3.8) is 0 Å². The first kappa shape index (κ1) is 12.8. The minimum atomic E-state index is -0.424. The first-order valence-corrected chi connectivity index (χ1v) is 5.82. The zero-order chi connectivity index (χ0) is 13.7. The van der Waals surface area contributed by atoms with Crippen molar-refractivity contribution in [2.45, 2.75) is 6.61 Å². The van der Waals surface area contributed by atoms with Crippen molar-refractivity contribution < 1.29 is 9.53 Å². The number of nitrogens with one attached hydrogen (secondary N) is 1. The molecule has 0 fully saturated rings. The molecule has 4 nitrogen and oxygen atoms in total. The summed E-state index contributed by atoms with van der Waals surface area (Å²) in [5.41, 5.74) is 7.21. The van der Waals surface area contributed by atoms with Crippen LogP contribution in [0.3, 0.4) is 0 Å². The first-order chi connectivity index (χ1) is 9.16. The number of nitrogens with two attached hydrogens (primary N) is 1. The number of carbonyl (C=O) groups is 1. The molecular weight excluding hydrogens is 240 g/mol. The van der Waals surface area contributed by atoms with E-state index >= 15 is 0 Å². The topological polar surface area (TPSA) is 76.2 Å². The predicted molar refractivity (Wildman–Crippen MR) is 73.0 cm³/mol. The molecule has 0 spiro atoms. The SMILES string of the molecule is N=C(N)c1cccc(C(=O)OCc2ccccc2)c1. The normalized spacial score (nSPS) is 9.89. The molecule has 0 aromatic heterocycles. The van der Waals surface area contributed by atoms with Gasteiger partial charge < -0.3 is 10.5 Å². The maximum atomic E-state index is 11.9. The Morgan fingerprint density at radius 2 is 1.74 bits per heavy atom. The van der Waals surface area contributed by atoms with Crippen LogP contribution in [0.4, 0.5) is 0 Å². The van der Waals surface area contributed by atoms with Crippen LogP contribution in [0.25, 0.3) is 0 Å². The molecule has 3 N–H and O–H groups in total. The van der Waals surface area contributed by atoms with Crippen molar-refractivity contribution in [3.05, 3.63) is 71.3 Å². The first-order valence-electron chi connectivity index (χ1n) is 5.82. The van der Waals surface area contributed by atoms with Crippen LogP contribution in [0, 0.1) is 5.41 Å². The Labute approximate surface area is 111 Å². The third-order valence-electron chi connectivity index (χ3n) is 2.62. The number of benzene rings is 2. The van der Waals surface area contributed by atoms with Gasteiger partial charge in [-0.25, -0.2) is 4.79 Å². The molecule has 0 unspecified atom stereocenters. The number of esters is 1. The highest BCUT2D eigenvalue weighted by Crippen LogP contribution is 2.08. The molecule has 0 bridgehead atoms. The smallest absolute Gasteiger partial charge is 0.338 e. The lowest BCUT2D eigenvalue weighted by Crippen LogP contribution is -2.12. The fraction of sp³-hybridized carbons (Fsp3) is 0.0667. The molecule has 96 valence electrons. The number of amidine groups is 1. The zero-order valence-electron chi connectivity index (χ0n) is 10.3. The molecule has 2 aromatic carbocycles. The van der Waals surface area contributed by atoms with Gasteiger partial charge in [0.15, 0.2) is 0 Å². The van der Waals surface area contributed by atoms with Gasteiger partial charge >= 0.3 is 5.97 Å². The van der Waals surface area contributed by atoms with E-state index in [1.54, 1.807) is 24.3 Å². The maximum Gasteiger partial charge on any atom is 0.338 e. The van der Waals surface area contributed by atoms with Crippen molar-refractivity contribution in [1.29, 1.82) is 5.41 Å². The Morgan fingerprint density at radius 1 is 1.05 bits per heavy atom. The summed E-state index contributed by atoms with van der Waals surface area (Å²) in [6, 6.07) is 16.0. The quantitative estimate of drug-likeness (QED) is 0.499. The van der Waals surface area contributed by atoms with Crippen molar-refractivity contribution in [2.75, 3.05) is 0 Å². The molecule has 0 aliphatic carbocycles. The van der Waals surface area contributed by atoms with Crippen molar-refractivity contribution >= 4 is 11.8 Å². The molecule has 19 heavy (non-hydrogen) atoms. The van der Waals surface area contributed by atoms with Crippen molar-refractivity contribution in [1.82, 2.24) is 0 Å². The standard InChI is InChI=1S/C15H14N2O2/c16-14(17)12-7-4-8-13(9-12)15(18)19-10-11-5-2-1-3-6-11/h1-9H,10H2,(H3,16,17). The maximum absolute atomic E-state index is 11.9. The minimum absolute atomic E-state index is 0.0716. The zero-order valence-corrected chi connectivity index (χ0v) is 10.3. The molecule has 0 aliphatic heterocycles. The van der Waals surface area contributed by atoms with E-state index in [1.807, 2.05) is 30.3 Å². The lowest BCUT2D eigenvalue weighted by Gasteiger charge is -2.06. The summed E-state index contributed by atoms with van der Waals surface area (Å²) >= 11 is 0. The monoisotopic (exact) mass is 254 g/mol. The van der Waals surface area contributed by atoms with Crippen LogP contribution in [-0.2, 0) is 11.3 Å². The van der Waals surface area contributed by atoms with Gasteiger partial charge in [0.2, 0.25) is 0 Å². The molecule has 0 saturated heterocycles. The number of nitrogen functional groups attached to an aromatic ring is 1. The summed E-state index contributed by atoms with van der Waals surface area (Å²) in [6.07, 6.45) is 0. The highest BCUT2D eigenvalue weighted by atomic mass is 16.5. The van der Waals surface area contributed by atoms with E-state index in [1.165, 1.54) is 0 Å². The number of ether oxygens (including phenoxy) is 1. The van der Waals surface area contributed by atoms with Crippen LogP contribution >= 0.6 is 0 Å². The van der Waals surface area contributed by atoms with Crippen molar-refractivity contribution in [3.8, 4) is 0 Å². The van der Waals surface area contributed by atoms with Crippen LogP contribution in [-0.4, -0.2) is 11.8 Å². The van der Waals surface area contributed by atoms with Crippen LogP contribution in [0.5, 0.6) is 0 Å². The Bertz CT molecular complexity index is 594. The highest BCUT2D eigenvalue weighted by Gasteiger charge is 2.08. The van der Waals surface area contributed by atoms with Gasteiger partial charge in [-0.15, -0.1) is 0 Å². The fourth-order valence-electron chi connectivity index (χ4n) is 1.62. The Balaban J connectivity index is 2.04. The van der Waals surface area contributed by atoms with Gasteiger partial charge in [0.05, 0.1) is 5.56 Å². The molecule has 0 saturated carbocycles. The summed E-state index contributed by atoms with van der Waals surface area (Å²) in [5, 5.41) is 7.34. The average molecular weight is 254 g/mol. The molecular formula is C15H14N2O2. The summed E-state index contributed by atoms with van der Waals surface area (Å²) < 4.78 is 5.20. The molecule has 4 heteroatoms. The lowest BCUT2D eigenvalue weighted by molar-refractivity contribution is 0.0472. The summed E-state index contributed by atoms with van der Waals surface area (Å²) in [6.45, 7) is 0.226. The molecule has 0 aliphatic rings. The van der Waals surface area contributed by atoms with E-state index in [0.717, 1.165) is 5.56 Å². The van der Waals surface area contributed by atoms with Gasteiger partial charge in [-0.05, 0) is 17.7 Å². The molecule has 0 atom stereocenters. The minimum Gasteiger partial charge on any atom is -0.457 e. The number of rotatable bonds is 4. The van der Waals surface area contributed by atoms with E-state index in [4.69, 9.17) is 15.9 Å². The Kier molecular flexibility index (Phi) is 3.93. The van der Waals surface area contributed by atoms with Gasteiger partial charge in [0.1, 0.15) is 12.4 Å². The van der Waals surface area contributed by atoms with Crippen LogP contribution in [0.1, 0.15) is 21.5 Å². The third-order valence-corrected chi connectivity index (χ3v) is 2.62. The number of hydrogen-bond acceptors (Lipinski definition) is 3. The molecule has 0 amide bonds. The Hall–Kier alpha value is -2.62. The van der Waals surface area contributed by atoms with E-state index in [-0.39, 0.29) is 12.4 Å². The van der Waals surface area contributed by atoms with Gasteiger partial charge in [-0.2, -0.15) is 0 Å². The fourth-order valence-corrected chi connectivity index (χ4v) is 1.62. The van der Waals surface area contributed by atoms with Crippen LogP contribution in [0.15, 0.2) is 54.6 Å². The van der Waals surface area contributed by atoms with Crippen molar-refractivity contribution in [2.24, 2.45) is 5.73 Å². The third kappa shape index (κ3) is 3.42. The molecule has 2 rings (SSSR count). The van der Waals surface area contributed by atoms with E-state index in [2.05, 4.69) is 0 Å². The van der Waals surface area contributed by atoms with E-state index in [9.17, 15) is 4.79 Å². The van der Waals surface area contributed by atoms with Gasteiger partial charge in [-0.3, -0.25) is 5.41 Å². The number of hydrogen-bond donors (Lipinski definition) is 2. The Morgan fingerprint density at radius 3 is 2.42 bits per heavy atom. The largest absolute Gasteiger partial charge is 0.457 e. The molecule has 2 aromatic rings. The predicted octanol–water partition coefficient (Wildman–Crippen LogP) is 2.33. The van der Waals surface area contributed by atoms with E-state index in [0.29, 0.717) is 11.1 Å². The summed E-state index contributed by atoms with van der Waals surface area (Å²) in [4.78, 5) is 11.9. The lowest BCUT2D eigenvalue weighted by atomic mass is 10.1. The van der Waals surface area contributed by atoms with Crippen LogP contribution < -0.4 is 5.73 Å². The average Bonchev–Trinajstić information content (AvgIpc) is 2.46. The molecule has 0 heterocycles. The summed E-state index contributed by atoms with van der Waals surface area (Å²) in [5.74, 6) is -0.496. The van der Waals surface area contributed by atoms with Gasteiger partial charge in [0, 0.05) is 5.56 Å². The second-order valence-corrected chi connectivity index (χ2v) is 4.06. The van der Waals surface area contributed by atoms with E-state index < -0.39 is 5.97 Å². The van der Waals surface area contributed by atoms with Gasteiger partial charge in [-0.1, -0.05) is 42.5 Å². The van der Waals surface area contributed by atoms with Crippen LogP contribution in [0.2, 0.25) is 0 Å². The second kappa shape index (κ2) is 5.82. The number of carbonyl (C=O) groups excluding carboxylic acids is 1. The molecule has 0 radical (unpaired) electrons. The highest BCUT2D eigenvalue weighted by molar-refractivity contribution is 5.98. The second-order valence-electron chi connectivity index (χ2n) is 4.06. The van der Waals surface area contributed by atoms with Gasteiger partial charge in [0.25, 0.3) is 0 Å².